The van der Waals surface area contributed by atoms with Crippen LogP contribution < -0.4 is 10.2 Å². The molecule has 7 nitrogen and oxygen atoms in total. The highest BCUT2D eigenvalue weighted by molar-refractivity contribution is 5.97. The van der Waals surface area contributed by atoms with Crippen LogP contribution in [-0.4, -0.2) is 66.8 Å². The number of nitrogens with zero attached hydrogens (tertiary/aromatic N) is 3. The average Bonchev–Trinajstić information content (AvgIpc) is 2.82. The van der Waals surface area contributed by atoms with E-state index in [9.17, 15) is 14.4 Å². The van der Waals surface area contributed by atoms with Gasteiger partial charge in [0.1, 0.15) is 0 Å². The molecular formula is C26H32N4O3. The number of carbonyl (C=O) groups excluding carboxylic acids is 3. The van der Waals surface area contributed by atoms with Crippen molar-refractivity contribution in [2.24, 2.45) is 0 Å². The molecule has 0 saturated carbocycles. The van der Waals surface area contributed by atoms with Gasteiger partial charge in [0.2, 0.25) is 11.8 Å². The molecule has 2 aromatic carbocycles. The number of anilines is 2. The molecule has 4 rings (SSSR count). The number of piperazine rings is 1. The third-order valence-electron chi connectivity index (χ3n) is 6.52. The van der Waals surface area contributed by atoms with Gasteiger partial charge in [0, 0.05) is 56.1 Å². The molecular weight excluding hydrogens is 416 g/mol. The molecule has 0 spiro atoms. The van der Waals surface area contributed by atoms with Crippen molar-refractivity contribution in [2.45, 2.75) is 33.1 Å². The van der Waals surface area contributed by atoms with Crippen molar-refractivity contribution in [1.29, 1.82) is 0 Å². The van der Waals surface area contributed by atoms with E-state index in [-0.39, 0.29) is 17.7 Å². The number of amides is 3. The predicted molar refractivity (Wildman–Crippen MR) is 130 cm³/mol. The van der Waals surface area contributed by atoms with E-state index in [0.29, 0.717) is 44.7 Å². The molecule has 0 aliphatic carbocycles. The molecule has 0 radical (unpaired) electrons. The summed E-state index contributed by atoms with van der Waals surface area (Å²) in [5, 5.41) is 3.03. The first-order valence-electron chi connectivity index (χ1n) is 11.7. The lowest BCUT2D eigenvalue weighted by Crippen LogP contribution is -2.50. The minimum absolute atomic E-state index is 0.00819. The van der Waals surface area contributed by atoms with Crippen molar-refractivity contribution >= 4 is 29.1 Å². The van der Waals surface area contributed by atoms with Gasteiger partial charge < -0.3 is 15.1 Å². The van der Waals surface area contributed by atoms with Crippen LogP contribution in [-0.2, 0) is 9.59 Å². The Bertz CT molecular complexity index is 1010. The molecule has 0 atom stereocenters. The fourth-order valence-electron chi connectivity index (χ4n) is 4.55. The van der Waals surface area contributed by atoms with E-state index in [1.807, 2.05) is 61.2 Å². The van der Waals surface area contributed by atoms with E-state index in [1.165, 1.54) is 0 Å². The van der Waals surface area contributed by atoms with Crippen molar-refractivity contribution in [3.63, 3.8) is 0 Å². The molecule has 2 fully saturated rings. The van der Waals surface area contributed by atoms with Gasteiger partial charge in [-0.15, -0.1) is 0 Å². The number of piperidine rings is 1. The molecule has 2 heterocycles. The molecule has 7 heteroatoms. The first-order valence-corrected chi connectivity index (χ1v) is 11.7. The lowest BCUT2D eigenvalue weighted by atomic mass is 10.1. The Balaban J connectivity index is 1.28. The van der Waals surface area contributed by atoms with Crippen LogP contribution in [0, 0.1) is 13.8 Å². The van der Waals surface area contributed by atoms with Gasteiger partial charge in [0.25, 0.3) is 5.91 Å². The summed E-state index contributed by atoms with van der Waals surface area (Å²) in [6.07, 6.45) is 2.55. The highest BCUT2D eigenvalue weighted by Crippen LogP contribution is 2.22. The summed E-state index contributed by atoms with van der Waals surface area (Å²) < 4.78 is 0. The Morgan fingerprint density at radius 1 is 0.879 bits per heavy atom. The number of carbonyl (C=O) groups is 3. The Morgan fingerprint density at radius 2 is 1.55 bits per heavy atom. The number of para-hydroxylation sites is 1. The maximum absolute atomic E-state index is 12.9. The molecule has 2 saturated heterocycles. The fraction of sp³-hybridized carbons (Fsp3) is 0.423. The van der Waals surface area contributed by atoms with Gasteiger partial charge in [-0.25, -0.2) is 0 Å². The van der Waals surface area contributed by atoms with Crippen molar-refractivity contribution < 1.29 is 14.4 Å². The van der Waals surface area contributed by atoms with Crippen LogP contribution in [0.4, 0.5) is 11.4 Å². The Hall–Kier alpha value is -3.19. The van der Waals surface area contributed by atoms with Gasteiger partial charge in [-0.2, -0.15) is 0 Å². The van der Waals surface area contributed by atoms with Gasteiger partial charge >= 0.3 is 0 Å². The van der Waals surface area contributed by atoms with Gasteiger partial charge in [-0.05, 0) is 62.1 Å². The monoisotopic (exact) mass is 448 g/mol. The SMILES string of the molecule is Cc1cccc(C)c1NC(=O)CN1CCN(C(=O)c2ccc(N3CCCCC3=O)cc2)CC1. The zero-order valence-corrected chi connectivity index (χ0v) is 19.5. The second-order valence-electron chi connectivity index (χ2n) is 8.93. The summed E-state index contributed by atoms with van der Waals surface area (Å²) in [4.78, 5) is 43.3. The van der Waals surface area contributed by atoms with Crippen LogP contribution in [0.5, 0.6) is 0 Å². The van der Waals surface area contributed by atoms with Crippen LogP contribution in [0.3, 0.4) is 0 Å². The highest BCUT2D eigenvalue weighted by atomic mass is 16.2. The van der Waals surface area contributed by atoms with E-state index >= 15 is 0 Å². The van der Waals surface area contributed by atoms with Crippen molar-refractivity contribution in [3.8, 4) is 0 Å². The topological polar surface area (TPSA) is 73.0 Å². The zero-order chi connectivity index (χ0) is 23.4. The standard InChI is InChI=1S/C26H32N4O3/c1-19-6-5-7-20(2)25(19)27-23(31)18-28-14-16-29(17-15-28)26(33)21-9-11-22(12-10-21)30-13-4-3-8-24(30)32/h5-7,9-12H,3-4,8,13-18H2,1-2H3,(H,27,31). The molecule has 174 valence electrons. The van der Waals surface area contributed by atoms with Crippen LogP contribution in [0.15, 0.2) is 42.5 Å². The lowest BCUT2D eigenvalue weighted by molar-refractivity contribution is -0.119. The first-order chi connectivity index (χ1) is 15.9. The zero-order valence-electron chi connectivity index (χ0n) is 19.5. The minimum Gasteiger partial charge on any atom is -0.336 e. The Kier molecular flexibility index (Phi) is 7.08. The van der Waals surface area contributed by atoms with E-state index in [4.69, 9.17) is 0 Å². The molecule has 2 aliphatic heterocycles. The fourth-order valence-corrected chi connectivity index (χ4v) is 4.55. The first kappa shape index (κ1) is 23.0. The Labute approximate surface area is 195 Å². The molecule has 2 aromatic rings. The largest absolute Gasteiger partial charge is 0.336 e. The molecule has 0 unspecified atom stereocenters. The molecule has 3 amide bonds. The number of hydrogen-bond donors (Lipinski definition) is 1. The maximum Gasteiger partial charge on any atom is 0.253 e. The normalized spacial score (nSPS) is 17.2. The minimum atomic E-state index is -0.0324. The van der Waals surface area contributed by atoms with Gasteiger partial charge in [0.15, 0.2) is 0 Å². The van der Waals surface area contributed by atoms with Crippen LogP contribution in [0.25, 0.3) is 0 Å². The molecule has 1 N–H and O–H groups in total. The maximum atomic E-state index is 12.9. The molecule has 2 aliphatic rings. The summed E-state index contributed by atoms with van der Waals surface area (Å²) in [5.41, 5.74) is 4.47. The van der Waals surface area contributed by atoms with E-state index < -0.39 is 0 Å². The number of benzene rings is 2. The number of nitrogens with one attached hydrogen (secondary N) is 1. The third kappa shape index (κ3) is 5.42. The van der Waals surface area contributed by atoms with Crippen molar-refractivity contribution in [3.05, 3.63) is 59.2 Å². The summed E-state index contributed by atoms with van der Waals surface area (Å²) >= 11 is 0. The van der Waals surface area contributed by atoms with Gasteiger partial charge in [0.05, 0.1) is 6.54 Å². The lowest BCUT2D eigenvalue weighted by Gasteiger charge is -2.34. The number of rotatable bonds is 5. The smallest absolute Gasteiger partial charge is 0.253 e. The van der Waals surface area contributed by atoms with E-state index in [2.05, 4.69) is 10.2 Å². The number of hydrogen-bond acceptors (Lipinski definition) is 4. The summed E-state index contributed by atoms with van der Waals surface area (Å²) in [6.45, 7) is 7.52. The van der Waals surface area contributed by atoms with E-state index in [0.717, 1.165) is 41.9 Å². The average molecular weight is 449 g/mol. The quantitative estimate of drug-likeness (QED) is 0.762. The second kappa shape index (κ2) is 10.2. The summed E-state index contributed by atoms with van der Waals surface area (Å²) in [5.74, 6) is 0.110. The van der Waals surface area contributed by atoms with Crippen LogP contribution >= 0.6 is 0 Å². The predicted octanol–water partition coefficient (Wildman–Crippen LogP) is 3.22. The third-order valence-corrected chi connectivity index (χ3v) is 6.52. The number of aryl methyl sites for hydroxylation is 2. The second-order valence-corrected chi connectivity index (χ2v) is 8.93. The molecule has 0 bridgehead atoms. The van der Waals surface area contributed by atoms with Crippen molar-refractivity contribution in [1.82, 2.24) is 9.80 Å². The van der Waals surface area contributed by atoms with Gasteiger partial charge in [-0.3, -0.25) is 19.3 Å². The highest BCUT2D eigenvalue weighted by Gasteiger charge is 2.24. The Morgan fingerprint density at radius 3 is 2.18 bits per heavy atom. The van der Waals surface area contributed by atoms with Crippen molar-refractivity contribution in [2.75, 3.05) is 49.5 Å². The van der Waals surface area contributed by atoms with Crippen LogP contribution in [0.1, 0.15) is 40.7 Å². The summed E-state index contributed by atoms with van der Waals surface area (Å²) in [7, 11) is 0. The van der Waals surface area contributed by atoms with E-state index in [1.54, 1.807) is 4.90 Å². The molecule has 33 heavy (non-hydrogen) atoms. The summed E-state index contributed by atoms with van der Waals surface area (Å²) in [6, 6.07) is 13.3. The molecule has 0 aromatic heterocycles. The van der Waals surface area contributed by atoms with Crippen LogP contribution in [0.2, 0.25) is 0 Å². The van der Waals surface area contributed by atoms with Gasteiger partial charge in [-0.1, -0.05) is 18.2 Å².